The van der Waals surface area contributed by atoms with Crippen LogP contribution in [0.5, 0.6) is 0 Å². The molecule has 7 atom stereocenters. The molecule has 0 saturated carbocycles. The number of carbonyl (C=O) groups excluding carboxylic acids is 4. The van der Waals surface area contributed by atoms with Crippen molar-refractivity contribution in [2.24, 2.45) is 11.8 Å². The zero-order valence-electron chi connectivity index (χ0n) is 74.7. The van der Waals surface area contributed by atoms with Crippen molar-refractivity contribution < 1.29 is 80.2 Å². The molecule has 0 heterocycles. The minimum absolute atomic E-state index is 0.109. The maximum Gasteiger partial charge on any atom is 0.472 e. The Morgan fingerprint density at radius 3 is 0.628 bits per heavy atom. The van der Waals surface area contributed by atoms with E-state index in [9.17, 15) is 43.2 Å². The van der Waals surface area contributed by atoms with E-state index in [1.54, 1.807) is 0 Å². The lowest BCUT2D eigenvalue weighted by Crippen LogP contribution is -2.30. The topological polar surface area (TPSA) is 237 Å². The second-order valence-corrected chi connectivity index (χ2v) is 37.1. The number of carbonyl (C=O) groups is 4. The number of hydrogen-bond donors (Lipinski definition) is 3. The third-order valence-electron chi connectivity index (χ3n) is 22.9. The number of esters is 4. The highest BCUT2D eigenvalue weighted by Crippen LogP contribution is 2.45. The first-order valence-electron chi connectivity index (χ1n) is 48.6. The second kappa shape index (κ2) is 85.1. The standard InChI is InChI=1S/C94H184O17P2/c1-7-11-13-15-17-19-20-21-22-23-24-25-26-34-39-44-49-54-60-66-72-78-93(98)110-89(82-104-91(96)76-70-64-58-18-16-14-12-8-2)84-108-112(100,101)106-80-88(95)81-107-113(102,103)109-85-90(111-94(99)79-73-67-61-55-50-45-40-35-30-28-32-37-42-47-52-57-63-69-75-87(6)10-4)83-105-92(97)77-71-65-59-53-48-43-38-33-29-27-31-36-41-46-51-56-62-68-74-86(5)9-3/h86-90,95H,7-85H2,1-6H3,(H,100,101)(H,102,103)/t86?,87?,88-,89+,90+/m0/s1. The molecular formula is C94H184O17P2. The van der Waals surface area contributed by atoms with Gasteiger partial charge in [0.1, 0.15) is 19.3 Å². The van der Waals surface area contributed by atoms with E-state index in [2.05, 4.69) is 41.5 Å². The smallest absolute Gasteiger partial charge is 0.462 e. The van der Waals surface area contributed by atoms with Gasteiger partial charge in [-0.25, -0.2) is 9.13 Å². The average Bonchev–Trinajstić information content (AvgIpc) is 0.899. The fourth-order valence-corrected chi connectivity index (χ4v) is 16.3. The van der Waals surface area contributed by atoms with Gasteiger partial charge in [-0.3, -0.25) is 37.3 Å². The molecule has 0 aliphatic carbocycles. The third kappa shape index (κ3) is 84.9. The summed E-state index contributed by atoms with van der Waals surface area (Å²) in [5.74, 6) is -0.352. The molecule has 17 nitrogen and oxygen atoms in total. The minimum Gasteiger partial charge on any atom is -0.462 e. The van der Waals surface area contributed by atoms with Crippen LogP contribution < -0.4 is 0 Å². The summed E-state index contributed by atoms with van der Waals surface area (Å²) in [7, 11) is -9.93. The van der Waals surface area contributed by atoms with Gasteiger partial charge in [0.15, 0.2) is 12.2 Å². The summed E-state index contributed by atoms with van der Waals surface area (Å²) >= 11 is 0. The first-order chi connectivity index (χ1) is 54.9. The van der Waals surface area contributed by atoms with E-state index >= 15 is 0 Å². The number of aliphatic hydroxyl groups is 1. The average molecular weight is 1650 g/mol. The van der Waals surface area contributed by atoms with Crippen LogP contribution in [0.15, 0.2) is 0 Å². The lowest BCUT2D eigenvalue weighted by atomic mass is 9.99. The summed E-state index contributed by atoms with van der Waals surface area (Å²) in [6.07, 6.45) is 80.8. The van der Waals surface area contributed by atoms with E-state index in [4.69, 9.17) is 37.0 Å². The van der Waals surface area contributed by atoms with Gasteiger partial charge in [0.2, 0.25) is 0 Å². The van der Waals surface area contributed by atoms with Crippen LogP contribution >= 0.6 is 15.6 Å². The van der Waals surface area contributed by atoms with Gasteiger partial charge in [0, 0.05) is 25.7 Å². The van der Waals surface area contributed by atoms with Crippen LogP contribution in [0, 0.1) is 11.8 Å². The fourth-order valence-electron chi connectivity index (χ4n) is 14.8. The normalized spacial score (nSPS) is 14.2. The predicted octanol–water partition coefficient (Wildman–Crippen LogP) is 29.4. The lowest BCUT2D eigenvalue weighted by Gasteiger charge is -2.21. The largest absolute Gasteiger partial charge is 0.472 e. The Labute approximate surface area is 696 Å². The van der Waals surface area contributed by atoms with Crippen LogP contribution in [0.25, 0.3) is 0 Å². The highest BCUT2D eigenvalue weighted by molar-refractivity contribution is 7.47. The molecule has 4 unspecified atom stereocenters. The molecule has 0 aromatic carbocycles. The van der Waals surface area contributed by atoms with Crippen molar-refractivity contribution in [3.8, 4) is 0 Å². The maximum atomic E-state index is 13.2. The number of phosphoric ester groups is 2. The Kier molecular flexibility index (Phi) is 83.6. The van der Waals surface area contributed by atoms with Gasteiger partial charge in [-0.1, -0.05) is 459 Å². The molecule has 0 radical (unpaired) electrons. The predicted molar refractivity (Wildman–Crippen MR) is 469 cm³/mol. The molecule has 113 heavy (non-hydrogen) atoms. The monoisotopic (exact) mass is 1650 g/mol. The first-order valence-corrected chi connectivity index (χ1v) is 51.6. The molecule has 19 heteroatoms. The van der Waals surface area contributed by atoms with Crippen LogP contribution in [0.3, 0.4) is 0 Å². The second-order valence-electron chi connectivity index (χ2n) is 34.2. The molecule has 3 N–H and O–H groups in total. The summed E-state index contributed by atoms with van der Waals surface area (Å²) < 4.78 is 69.0. The van der Waals surface area contributed by atoms with E-state index in [-0.39, 0.29) is 25.7 Å². The summed E-state index contributed by atoms with van der Waals surface area (Å²) in [6.45, 7) is 9.82. The van der Waals surface area contributed by atoms with Gasteiger partial charge in [-0.15, -0.1) is 0 Å². The fraction of sp³-hybridized carbons (Fsp3) is 0.957. The van der Waals surface area contributed by atoms with Crippen LogP contribution in [0.2, 0.25) is 0 Å². The van der Waals surface area contributed by atoms with Gasteiger partial charge in [0.25, 0.3) is 0 Å². The van der Waals surface area contributed by atoms with Crippen molar-refractivity contribution in [2.75, 3.05) is 39.6 Å². The molecule has 0 bridgehead atoms. The van der Waals surface area contributed by atoms with Crippen LogP contribution in [-0.4, -0.2) is 96.7 Å². The highest BCUT2D eigenvalue weighted by Gasteiger charge is 2.31. The van der Waals surface area contributed by atoms with Crippen molar-refractivity contribution >= 4 is 39.5 Å². The summed E-state index contributed by atoms with van der Waals surface area (Å²) in [6, 6.07) is 0. The van der Waals surface area contributed by atoms with Crippen LogP contribution in [0.1, 0.15) is 510 Å². The van der Waals surface area contributed by atoms with Gasteiger partial charge < -0.3 is 33.8 Å². The molecule has 672 valence electrons. The Hall–Kier alpha value is -1.94. The number of unbranched alkanes of at least 4 members (excludes halogenated alkanes) is 61. The molecule has 0 amide bonds. The number of ether oxygens (including phenoxy) is 4. The number of aliphatic hydroxyl groups excluding tert-OH is 1. The molecule has 0 aliphatic heterocycles. The zero-order chi connectivity index (χ0) is 82.7. The van der Waals surface area contributed by atoms with Gasteiger partial charge >= 0.3 is 39.5 Å². The quantitative estimate of drug-likeness (QED) is 0.0222. The van der Waals surface area contributed by atoms with Gasteiger partial charge in [-0.05, 0) is 37.5 Å². The molecule has 0 aromatic rings. The highest BCUT2D eigenvalue weighted by atomic mass is 31.2. The van der Waals surface area contributed by atoms with E-state index in [0.29, 0.717) is 25.7 Å². The summed E-state index contributed by atoms with van der Waals surface area (Å²) in [5, 5.41) is 10.7. The van der Waals surface area contributed by atoms with E-state index < -0.39 is 97.5 Å². The van der Waals surface area contributed by atoms with Crippen molar-refractivity contribution in [3.63, 3.8) is 0 Å². The molecule has 0 aromatic heterocycles. The van der Waals surface area contributed by atoms with Crippen LogP contribution in [0.4, 0.5) is 0 Å². The zero-order valence-corrected chi connectivity index (χ0v) is 76.5. The third-order valence-corrected chi connectivity index (χ3v) is 24.8. The van der Waals surface area contributed by atoms with Gasteiger partial charge in [-0.2, -0.15) is 0 Å². The SMILES string of the molecule is CCCCCCCCCCCCCCCCCCCCCCCC(=O)O[C@H](COC(=O)CCCCCCCCCC)COP(=O)(O)OC[C@H](O)COP(=O)(O)OC[C@@H](COC(=O)CCCCCCCCCCCCCCCCCCCCC(C)CC)OC(=O)CCCCCCCCCCCCCCCCCCCCC(C)CC. The van der Waals surface area contributed by atoms with Crippen molar-refractivity contribution in [1.82, 2.24) is 0 Å². The number of rotatable bonds is 93. The molecular weight excluding hydrogens is 1460 g/mol. The minimum atomic E-state index is -4.97. The number of hydrogen-bond acceptors (Lipinski definition) is 15. The first kappa shape index (κ1) is 111. The van der Waals surface area contributed by atoms with Crippen molar-refractivity contribution in [1.29, 1.82) is 0 Å². The Morgan fingerprint density at radius 2 is 0.425 bits per heavy atom. The van der Waals surface area contributed by atoms with Crippen molar-refractivity contribution in [2.45, 2.75) is 529 Å². The van der Waals surface area contributed by atoms with Gasteiger partial charge in [0.05, 0.1) is 26.4 Å². The van der Waals surface area contributed by atoms with Crippen molar-refractivity contribution in [3.05, 3.63) is 0 Å². The van der Waals surface area contributed by atoms with E-state index in [1.165, 1.54) is 327 Å². The van der Waals surface area contributed by atoms with E-state index in [1.807, 2.05) is 0 Å². The summed E-state index contributed by atoms with van der Waals surface area (Å²) in [5.41, 5.74) is 0. The molecule has 0 saturated heterocycles. The molecule has 0 fully saturated rings. The molecule has 0 spiro atoms. The Balaban J connectivity index is 5.16. The number of phosphoric acid groups is 2. The summed E-state index contributed by atoms with van der Waals surface area (Å²) in [4.78, 5) is 73.4. The molecule has 0 aliphatic rings. The Bertz CT molecular complexity index is 2150. The molecule has 0 rings (SSSR count). The van der Waals surface area contributed by atoms with E-state index in [0.717, 1.165) is 102 Å². The maximum absolute atomic E-state index is 13.2. The lowest BCUT2D eigenvalue weighted by molar-refractivity contribution is -0.161. The Morgan fingerprint density at radius 1 is 0.248 bits per heavy atom. The van der Waals surface area contributed by atoms with Crippen LogP contribution in [-0.2, 0) is 65.4 Å².